The summed E-state index contributed by atoms with van der Waals surface area (Å²) in [5.74, 6) is 0.431. The fourth-order valence-electron chi connectivity index (χ4n) is 1.94. The van der Waals surface area contributed by atoms with Gasteiger partial charge in [0, 0.05) is 6.54 Å². The van der Waals surface area contributed by atoms with Crippen molar-refractivity contribution in [3.63, 3.8) is 0 Å². The van der Waals surface area contributed by atoms with E-state index in [1.54, 1.807) is 18.2 Å². The van der Waals surface area contributed by atoms with Crippen molar-refractivity contribution in [2.24, 2.45) is 0 Å². The standard InChI is InChI=1S/C17H20FNO2/c1-12-7-8-13(2)17(9-12)21-11-14(20)10-19-16-6-4-3-5-15(16)18/h3-9,14,19-20H,10-11H2,1-2H3. The van der Waals surface area contributed by atoms with Gasteiger partial charge in [-0.1, -0.05) is 24.3 Å². The van der Waals surface area contributed by atoms with Gasteiger partial charge >= 0.3 is 0 Å². The Balaban J connectivity index is 1.84. The quantitative estimate of drug-likeness (QED) is 0.857. The van der Waals surface area contributed by atoms with Crippen molar-refractivity contribution in [2.45, 2.75) is 20.0 Å². The Hall–Kier alpha value is -2.07. The summed E-state index contributed by atoms with van der Waals surface area (Å²) in [6.07, 6.45) is -0.718. The molecule has 0 aliphatic carbocycles. The molecular formula is C17H20FNO2. The SMILES string of the molecule is Cc1ccc(C)c(OCC(O)CNc2ccccc2F)c1. The molecule has 0 heterocycles. The number of rotatable bonds is 6. The first-order chi connectivity index (χ1) is 10.1. The summed E-state index contributed by atoms with van der Waals surface area (Å²) in [6, 6.07) is 12.3. The van der Waals surface area contributed by atoms with E-state index in [9.17, 15) is 9.50 Å². The molecule has 3 nitrogen and oxygen atoms in total. The van der Waals surface area contributed by atoms with Gasteiger partial charge in [0.05, 0.1) is 5.69 Å². The second kappa shape index (κ2) is 7.09. The normalized spacial score (nSPS) is 12.0. The van der Waals surface area contributed by atoms with Crippen LogP contribution in [0.3, 0.4) is 0 Å². The van der Waals surface area contributed by atoms with E-state index in [0.29, 0.717) is 5.69 Å². The van der Waals surface area contributed by atoms with Gasteiger partial charge in [0.1, 0.15) is 24.3 Å². The smallest absolute Gasteiger partial charge is 0.146 e. The van der Waals surface area contributed by atoms with Crippen LogP contribution < -0.4 is 10.1 Å². The molecule has 0 saturated heterocycles. The van der Waals surface area contributed by atoms with Gasteiger partial charge in [0.15, 0.2) is 0 Å². The summed E-state index contributed by atoms with van der Waals surface area (Å²) in [6.45, 7) is 4.33. The molecule has 21 heavy (non-hydrogen) atoms. The molecule has 0 spiro atoms. The maximum atomic E-state index is 13.4. The minimum Gasteiger partial charge on any atom is -0.491 e. The first kappa shape index (κ1) is 15.3. The van der Waals surface area contributed by atoms with Crippen LogP contribution in [0.2, 0.25) is 0 Å². The van der Waals surface area contributed by atoms with Crippen molar-refractivity contribution in [2.75, 3.05) is 18.5 Å². The van der Waals surface area contributed by atoms with Crippen LogP contribution in [0, 0.1) is 19.7 Å². The molecule has 0 saturated carbocycles. The molecule has 4 heteroatoms. The zero-order valence-electron chi connectivity index (χ0n) is 12.3. The molecule has 0 radical (unpaired) electrons. The van der Waals surface area contributed by atoms with E-state index in [2.05, 4.69) is 5.32 Å². The number of hydrogen-bond donors (Lipinski definition) is 2. The van der Waals surface area contributed by atoms with Crippen LogP contribution in [-0.2, 0) is 0 Å². The number of para-hydroxylation sites is 1. The fraction of sp³-hybridized carbons (Fsp3) is 0.294. The van der Waals surface area contributed by atoms with Crippen molar-refractivity contribution in [1.29, 1.82) is 0 Å². The molecular weight excluding hydrogens is 269 g/mol. The molecule has 0 aliphatic heterocycles. The minimum absolute atomic E-state index is 0.158. The Bertz CT molecular complexity index is 601. The lowest BCUT2D eigenvalue weighted by molar-refractivity contribution is 0.117. The third kappa shape index (κ3) is 4.46. The van der Waals surface area contributed by atoms with Gasteiger partial charge < -0.3 is 15.2 Å². The van der Waals surface area contributed by atoms with E-state index < -0.39 is 6.10 Å². The topological polar surface area (TPSA) is 41.5 Å². The third-order valence-electron chi connectivity index (χ3n) is 3.18. The number of hydrogen-bond acceptors (Lipinski definition) is 3. The van der Waals surface area contributed by atoms with Crippen LogP contribution in [0.1, 0.15) is 11.1 Å². The molecule has 1 unspecified atom stereocenters. The van der Waals surface area contributed by atoms with Crippen molar-refractivity contribution >= 4 is 5.69 Å². The largest absolute Gasteiger partial charge is 0.491 e. The summed E-state index contributed by atoms with van der Waals surface area (Å²) < 4.78 is 19.0. The fourth-order valence-corrected chi connectivity index (χ4v) is 1.94. The average Bonchev–Trinajstić information content (AvgIpc) is 2.47. The number of anilines is 1. The molecule has 0 aliphatic rings. The number of aliphatic hydroxyl groups is 1. The summed E-state index contributed by atoms with van der Waals surface area (Å²) >= 11 is 0. The summed E-state index contributed by atoms with van der Waals surface area (Å²) in [7, 11) is 0. The number of aryl methyl sites for hydroxylation is 2. The number of nitrogens with one attached hydrogen (secondary N) is 1. The lowest BCUT2D eigenvalue weighted by Gasteiger charge is -2.15. The summed E-state index contributed by atoms with van der Waals surface area (Å²) in [4.78, 5) is 0. The summed E-state index contributed by atoms with van der Waals surface area (Å²) in [5, 5.41) is 12.8. The zero-order valence-corrected chi connectivity index (χ0v) is 12.3. The molecule has 2 aromatic rings. The predicted octanol–water partition coefficient (Wildman–Crippen LogP) is 3.29. The van der Waals surface area contributed by atoms with Crippen molar-refractivity contribution in [1.82, 2.24) is 0 Å². The monoisotopic (exact) mass is 289 g/mol. The van der Waals surface area contributed by atoms with Crippen molar-refractivity contribution < 1.29 is 14.2 Å². The molecule has 0 fully saturated rings. The second-order valence-electron chi connectivity index (χ2n) is 5.09. The lowest BCUT2D eigenvalue weighted by atomic mass is 10.1. The van der Waals surface area contributed by atoms with Gasteiger partial charge in [-0.15, -0.1) is 0 Å². The van der Waals surface area contributed by atoms with Crippen LogP contribution in [-0.4, -0.2) is 24.4 Å². The lowest BCUT2D eigenvalue weighted by Crippen LogP contribution is -2.26. The van der Waals surface area contributed by atoms with Gasteiger partial charge in [-0.3, -0.25) is 0 Å². The van der Waals surface area contributed by atoms with E-state index in [4.69, 9.17) is 4.74 Å². The van der Waals surface area contributed by atoms with Crippen LogP contribution in [0.15, 0.2) is 42.5 Å². The molecule has 2 aromatic carbocycles. The highest BCUT2D eigenvalue weighted by Crippen LogP contribution is 2.19. The van der Waals surface area contributed by atoms with Crippen LogP contribution in [0.5, 0.6) is 5.75 Å². The molecule has 0 aromatic heterocycles. The Morgan fingerprint density at radius 2 is 1.95 bits per heavy atom. The first-order valence-corrected chi connectivity index (χ1v) is 6.93. The second-order valence-corrected chi connectivity index (χ2v) is 5.09. The van der Waals surface area contributed by atoms with Crippen LogP contribution >= 0.6 is 0 Å². The minimum atomic E-state index is -0.718. The highest BCUT2D eigenvalue weighted by atomic mass is 19.1. The molecule has 112 valence electrons. The molecule has 0 amide bonds. The summed E-state index contributed by atoms with van der Waals surface area (Å²) in [5.41, 5.74) is 2.51. The Morgan fingerprint density at radius 3 is 2.71 bits per heavy atom. The zero-order chi connectivity index (χ0) is 15.2. The van der Waals surface area contributed by atoms with E-state index in [1.807, 2.05) is 32.0 Å². The van der Waals surface area contributed by atoms with Crippen LogP contribution in [0.25, 0.3) is 0 Å². The number of ether oxygens (including phenoxy) is 1. The number of halogens is 1. The third-order valence-corrected chi connectivity index (χ3v) is 3.18. The van der Waals surface area contributed by atoms with Crippen LogP contribution in [0.4, 0.5) is 10.1 Å². The van der Waals surface area contributed by atoms with E-state index in [0.717, 1.165) is 16.9 Å². The Labute approximate surface area is 124 Å². The van der Waals surface area contributed by atoms with Gasteiger partial charge in [-0.25, -0.2) is 4.39 Å². The van der Waals surface area contributed by atoms with Crippen molar-refractivity contribution in [3.05, 3.63) is 59.4 Å². The molecule has 2 rings (SSSR count). The number of aliphatic hydroxyl groups excluding tert-OH is 1. The van der Waals surface area contributed by atoms with E-state index in [1.165, 1.54) is 6.07 Å². The maximum absolute atomic E-state index is 13.4. The molecule has 0 bridgehead atoms. The van der Waals surface area contributed by atoms with Gasteiger partial charge in [-0.05, 0) is 43.2 Å². The average molecular weight is 289 g/mol. The van der Waals surface area contributed by atoms with Gasteiger partial charge in [0.25, 0.3) is 0 Å². The molecule has 2 N–H and O–H groups in total. The van der Waals surface area contributed by atoms with Gasteiger partial charge in [-0.2, -0.15) is 0 Å². The highest BCUT2D eigenvalue weighted by molar-refractivity contribution is 5.44. The first-order valence-electron chi connectivity index (χ1n) is 6.93. The Morgan fingerprint density at radius 1 is 1.19 bits per heavy atom. The Kier molecular flexibility index (Phi) is 5.17. The predicted molar refractivity (Wildman–Crippen MR) is 82.3 cm³/mol. The highest BCUT2D eigenvalue weighted by Gasteiger charge is 2.08. The van der Waals surface area contributed by atoms with Gasteiger partial charge in [0.2, 0.25) is 0 Å². The number of benzene rings is 2. The van der Waals surface area contributed by atoms with Crippen molar-refractivity contribution in [3.8, 4) is 5.75 Å². The van der Waals surface area contributed by atoms with E-state index in [-0.39, 0.29) is 19.0 Å². The molecule has 1 atom stereocenters. The van der Waals surface area contributed by atoms with E-state index >= 15 is 0 Å². The maximum Gasteiger partial charge on any atom is 0.146 e.